The number of hydrogen-bond donors (Lipinski definition) is 3. The summed E-state index contributed by atoms with van der Waals surface area (Å²) in [5.74, 6) is 0.454. The van der Waals surface area contributed by atoms with E-state index in [1.165, 1.54) is 13.3 Å². The van der Waals surface area contributed by atoms with Gasteiger partial charge < -0.3 is 15.2 Å². The van der Waals surface area contributed by atoms with Crippen LogP contribution in [0.1, 0.15) is 25.8 Å². The SMILES string of the molecule is COc1cc(Br)ccc1C(C)(C)CC(O)(CNc1cccc2[nH]ncc12)C(F)(F)F. The third-order valence-corrected chi connectivity index (χ3v) is 5.70. The summed E-state index contributed by atoms with van der Waals surface area (Å²) in [7, 11) is 1.46. The van der Waals surface area contributed by atoms with Gasteiger partial charge in [-0.25, -0.2) is 0 Å². The molecule has 1 unspecified atom stereocenters. The number of aromatic nitrogens is 2. The van der Waals surface area contributed by atoms with Crippen molar-refractivity contribution in [2.24, 2.45) is 0 Å². The molecular weight excluding hydrogens is 463 g/mol. The Bertz CT molecular complexity index is 1040. The zero-order chi connectivity index (χ0) is 22.2. The summed E-state index contributed by atoms with van der Waals surface area (Å²) in [4.78, 5) is 0. The molecule has 3 N–H and O–H groups in total. The van der Waals surface area contributed by atoms with Gasteiger partial charge >= 0.3 is 6.18 Å². The summed E-state index contributed by atoms with van der Waals surface area (Å²) >= 11 is 3.34. The summed E-state index contributed by atoms with van der Waals surface area (Å²) < 4.78 is 48.1. The molecule has 0 spiro atoms. The Morgan fingerprint density at radius 2 is 1.93 bits per heavy atom. The van der Waals surface area contributed by atoms with E-state index in [0.29, 0.717) is 27.9 Å². The molecule has 0 aliphatic carbocycles. The van der Waals surface area contributed by atoms with E-state index < -0.39 is 30.2 Å². The maximum Gasteiger partial charge on any atom is 0.418 e. The number of aliphatic hydroxyl groups is 1. The number of nitrogens with zero attached hydrogens (tertiary/aromatic N) is 1. The first-order chi connectivity index (χ1) is 14.0. The van der Waals surface area contributed by atoms with Crippen LogP contribution in [0.2, 0.25) is 0 Å². The molecule has 1 atom stereocenters. The maximum atomic E-state index is 14.0. The number of rotatable bonds is 7. The van der Waals surface area contributed by atoms with E-state index in [2.05, 4.69) is 31.4 Å². The molecule has 0 fully saturated rings. The van der Waals surface area contributed by atoms with Crippen molar-refractivity contribution in [3.05, 3.63) is 52.6 Å². The van der Waals surface area contributed by atoms with Crippen LogP contribution in [0.5, 0.6) is 5.75 Å². The van der Waals surface area contributed by atoms with Gasteiger partial charge in [0.2, 0.25) is 0 Å². The third kappa shape index (κ3) is 4.41. The topological polar surface area (TPSA) is 70.2 Å². The Morgan fingerprint density at radius 1 is 1.20 bits per heavy atom. The summed E-state index contributed by atoms with van der Waals surface area (Å²) in [6, 6.07) is 10.3. The Labute approximate surface area is 180 Å². The fourth-order valence-electron chi connectivity index (χ4n) is 3.68. The van der Waals surface area contributed by atoms with E-state index in [1.54, 1.807) is 50.2 Å². The average molecular weight is 486 g/mol. The zero-order valence-corrected chi connectivity index (χ0v) is 18.4. The van der Waals surface area contributed by atoms with Gasteiger partial charge in [0.1, 0.15) is 5.75 Å². The van der Waals surface area contributed by atoms with Crippen LogP contribution in [0.4, 0.5) is 18.9 Å². The molecule has 0 amide bonds. The number of benzene rings is 2. The minimum Gasteiger partial charge on any atom is -0.496 e. The van der Waals surface area contributed by atoms with E-state index in [4.69, 9.17) is 4.74 Å². The lowest BCUT2D eigenvalue weighted by Crippen LogP contribution is -2.53. The van der Waals surface area contributed by atoms with Gasteiger partial charge in [-0.2, -0.15) is 18.3 Å². The van der Waals surface area contributed by atoms with Crippen LogP contribution >= 0.6 is 15.9 Å². The van der Waals surface area contributed by atoms with E-state index >= 15 is 0 Å². The fraction of sp³-hybridized carbons (Fsp3) is 0.381. The Balaban J connectivity index is 1.91. The number of alkyl halides is 3. The second-order valence-electron chi connectivity index (χ2n) is 7.92. The minimum absolute atomic E-state index is 0.454. The van der Waals surface area contributed by atoms with E-state index in [-0.39, 0.29) is 0 Å². The largest absolute Gasteiger partial charge is 0.496 e. The molecule has 30 heavy (non-hydrogen) atoms. The molecule has 9 heteroatoms. The molecule has 0 aliphatic rings. The maximum absolute atomic E-state index is 14.0. The quantitative estimate of drug-likeness (QED) is 0.418. The lowest BCUT2D eigenvalue weighted by molar-refractivity contribution is -0.260. The normalized spacial score (nSPS) is 14.5. The van der Waals surface area contributed by atoms with Crippen LogP contribution in [0.3, 0.4) is 0 Å². The number of anilines is 1. The molecule has 0 aliphatic heterocycles. The van der Waals surface area contributed by atoms with Crippen LogP contribution in [-0.4, -0.2) is 40.7 Å². The van der Waals surface area contributed by atoms with Gasteiger partial charge in [-0.05, 0) is 41.7 Å². The van der Waals surface area contributed by atoms with E-state index in [0.717, 1.165) is 4.47 Å². The van der Waals surface area contributed by atoms with Crippen molar-refractivity contribution < 1.29 is 23.0 Å². The molecule has 3 rings (SSSR count). The number of fused-ring (bicyclic) bond motifs is 1. The monoisotopic (exact) mass is 485 g/mol. The van der Waals surface area contributed by atoms with E-state index in [1.807, 2.05) is 0 Å². The van der Waals surface area contributed by atoms with Gasteiger partial charge in [-0.15, -0.1) is 0 Å². The molecule has 0 saturated carbocycles. The third-order valence-electron chi connectivity index (χ3n) is 5.21. The van der Waals surface area contributed by atoms with Crippen LogP contribution in [0.25, 0.3) is 10.9 Å². The van der Waals surface area contributed by atoms with Crippen LogP contribution in [-0.2, 0) is 5.41 Å². The van der Waals surface area contributed by atoms with Crippen molar-refractivity contribution in [1.82, 2.24) is 10.2 Å². The summed E-state index contributed by atoms with van der Waals surface area (Å²) in [6.45, 7) is 2.61. The summed E-state index contributed by atoms with van der Waals surface area (Å²) in [6.07, 6.45) is -3.87. The number of aromatic amines is 1. The molecule has 162 valence electrons. The average Bonchev–Trinajstić information content (AvgIpc) is 3.14. The lowest BCUT2D eigenvalue weighted by Gasteiger charge is -2.38. The smallest absolute Gasteiger partial charge is 0.418 e. The van der Waals surface area contributed by atoms with E-state index in [9.17, 15) is 18.3 Å². The van der Waals surface area contributed by atoms with Crippen LogP contribution in [0, 0.1) is 0 Å². The van der Waals surface area contributed by atoms with Crippen molar-refractivity contribution in [3.63, 3.8) is 0 Å². The Kier molecular flexibility index (Phi) is 6.06. The van der Waals surface area contributed by atoms with Crippen molar-refractivity contribution in [2.75, 3.05) is 19.0 Å². The van der Waals surface area contributed by atoms with Crippen molar-refractivity contribution in [1.29, 1.82) is 0 Å². The molecule has 5 nitrogen and oxygen atoms in total. The first-order valence-electron chi connectivity index (χ1n) is 9.26. The summed E-state index contributed by atoms with van der Waals surface area (Å²) in [5, 5.41) is 20.9. The second-order valence-corrected chi connectivity index (χ2v) is 8.84. The molecule has 2 aromatic carbocycles. The molecular formula is C21H23BrF3N3O2. The van der Waals surface area contributed by atoms with Gasteiger partial charge in [0, 0.05) is 15.5 Å². The minimum atomic E-state index is -4.84. The molecule has 1 aromatic heterocycles. The predicted octanol–water partition coefficient (Wildman–Crippen LogP) is 5.41. The highest BCUT2D eigenvalue weighted by molar-refractivity contribution is 9.10. The van der Waals surface area contributed by atoms with Gasteiger partial charge in [0.25, 0.3) is 0 Å². The Hall–Kier alpha value is -2.26. The number of ether oxygens (including phenoxy) is 1. The standard InChI is InChI=1S/C21H23BrF3N3O2/c1-19(2,15-8-7-13(22)9-18(15)30-3)11-20(29,21(23,24)25)12-26-16-5-4-6-17-14(16)10-27-28-17/h4-10,26,29H,11-12H2,1-3H3,(H,27,28). The molecule has 1 heterocycles. The fourth-order valence-corrected chi connectivity index (χ4v) is 4.02. The van der Waals surface area contributed by atoms with Crippen molar-refractivity contribution in [3.8, 4) is 5.75 Å². The van der Waals surface area contributed by atoms with Crippen LogP contribution in [0.15, 0.2) is 47.1 Å². The number of H-pyrrole nitrogens is 1. The highest BCUT2D eigenvalue weighted by Gasteiger charge is 2.56. The number of nitrogens with one attached hydrogen (secondary N) is 2. The zero-order valence-electron chi connectivity index (χ0n) is 16.8. The first-order valence-corrected chi connectivity index (χ1v) is 10.1. The molecule has 0 radical (unpaired) electrons. The first kappa shape index (κ1) is 22.4. The highest BCUT2D eigenvalue weighted by Crippen LogP contribution is 2.44. The molecule has 0 saturated heterocycles. The second kappa shape index (κ2) is 8.11. The van der Waals surface area contributed by atoms with Crippen molar-refractivity contribution in [2.45, 2.75) is 37.5 Å². The number of halogens is 4. The van der Waals surface area contributed by atoms with Gasteiger partial charge in [0.15, 0.2) is 5.60 Å². The van der Waals surface area contributed by atoms with Crippen LogP contribution < -0.4 is 10.1 Å². The summed E-state index contributed by atoms with van der Waals surface area (Å²) in [5.41, 5.74) is -2.27. The number of methoxy groups -OCH3 is 1. The number of hydrogen-bond acceptors (Lipinski definition) is 4. The molecule has 0 bridgehead atoms. The predicted molar refractivity (Wildman–Crippen MR) is 114 cm³/mol. The van der Waals surface area contributed by atoms with Crippen molar-refractivity contribution >= 4 is 32.5 Å². The molecule has 3 aromatic rings. The van der Waals surface area contributed by atoms with Gasteiger partial charge in [0.05, 0.1) is 25.4 Å². The van der Waals surface area contributed by atoms with Gasteiger partial charge in [-0.1, -0.05) is 41.9 Å². The lowest BCUT2D eigenvalue weighted by atomic mass is 9.74. The highest BCUT2D eigenvalue weighted by atomic mass is 79.9. The Morgan fingerprint density at radius 3 is 2.60 bits per heavy atom. The van der Waals surface area contributed by atoms with Gasteiger partial charge in [-0.3, -0.25) is 5.10 Å².